The van der Waals surface area contributed by atoms with Crippen LogP contribution in [0.1, 0.15) is 29.8 Å². The maximum Gasteiger partial charge on any atom is 0.274 e. The molecule has 18 heavy (non-hydrogen) atoms. The van der Waals surface area contributed by atoms with E-state index in [9.17, 15) is 4.79 Å². The molecule has 5 nitrogen and oxygen atoms in total. The average Bonchev–Trinajstić information content (AvgIpc) is 2.66. The van der Waals surface area contributed by atoms with E-state index in [1.165, 1.54) is 6.42 Å². The van der Waals surface area contributed by atoms with E-state index in [2.05, 4.69) is 21.0 Å². The number of nitrogens with zero attached hydrogens (tertiary/aromatic N) is 3. The lowest BCUT2D eigenvalue weighted by Gasteiger charge is -2.36. The summed E-state index contributed by atoms with van der Waals surface area (Å²) in [7, 11) is 3.35. The summed E-state index contributed by atoms with van der Waals surface area (Å²) in [5.41, 5.74) is 0.460. The van der Waals surface area contributed by atoms with Crippen LogP contribution in [-0.2, 0) is 7.05 Å². The second-order valence-electron chi connectivity index (χ2n) is 4.47. The van der Waals surface area contributed by atoms with E-state index in [1.807, 2.05) is 4.90 Å². The highest BCUT2D eigenvalue weighted by molar-refractivity contribution is 9.09. The van der Waals surface area contributed by atoms with Gasteiger partial charge in [0, 0.05) is 31.0 Å². The predicted octanol–water partition coefficient (Wildman–Crippen LogP) is 1.82. The van der Waals surface area contributed by atoms with E-state index < -0.39 is 0 Å². The third kappa shape index (κ3) is 2.53. The van der Waals surface area contributed by atoms with Gasteiger partial charge in [0.15, 0.2) is 5.69 Å². The Labute approximate surface area is 115 Å². The van der Waals surface area contributed by atoms with Gasteiger partial charge in [0.05, 0.1) is 7.11 Å². The quantitative estimate of drug-likeness (QED) is 0.779. The second-order valence-corrected chi connectivity index (χ2v) is 5.26. The first-order valence-corrected chi connectivity index (χ1v) is 7.24. The minimum atomic E-state index is -0.00181. The Balaban J connectivity index is 2.15. The van der Waals surface area contributed by atoms with Crippen LogP contribution in [0.5, 0.6) is 5.88 Å². The smallest absolute Gasteiger partial charge is 0.274 e. The van der Waals surface area contributed by atoms with Crippen LogP contribution in [0.4, 0.5) is 0 Å². The van der Waals surface area contributed by atoms with Gasteiger partial charge in [0.1, 0.15) is 0 Å². The van der Waals surface area contributed by atoms with Crippen LogP contribution in [-0.4, -0.2) is 45.6 Å². The number of halogens is 1. The number of carbonyl (C=O) groups is 1. The number of hydrogen-bond donors (Lipinski definition) is 0. The molecule has 1 aliphatic rings. The summed E-state index contributed by atoms with van der Waals surface area (Å²) in [6, 6.07) is 2.07. The summed E-state index contributed by atoms with van der Waals surface area (Å²) in [5, 5.41) is 5.00. The molecule has 0 unspecified atom stereocenters. The molecule has 0 radical (unpaired) electrons. The first-order valence-electron chi connectivity index (χ1n) is 6.12. The fraction of sp³-hybridized carbons (Fsp3) is 0.667. The third-order valence-electron chi connectivity index (χ3n) is 3.37. The van der Waals surface area contributed by atoms with Gasteiger partial charge in [0.2, 0.25) is 5.88 Å². The number of alkyl halides is 1. The van der Waals surface area contributed by atoms with Crippen molar-refractivity contribution in [2.75, 3.05) is 19.0 Å². The molecule has 1 amide bonds. The molecule has 2 rings (SSSR count). The van der Waals surface area contributed by atoms with Crippen LogP contribution >= 0.6 is 15.9 Å². The van der Waals surface area contributed by atoms with Crippen LogP contribution in [0.3, 0.4) is 0 Å². The highest BCUT2D eigenvalue weighted by Gasteiger charge is 2.30. The number of aryl methyl sites for hydroxylation is 1. The Bertz CT molecular complexity index is 429. The number of aromatic nitrogens is 2. The number of carbonyl (C=O) groups excluding carboxylic acids is 1. The second kappa shape index (κ2) is 5.73. The van der Waals surface area contributed by atoms with Crippen molar-refractivity contribution in [1.82, 2.24) is 14.7 Å². The fourth-order valence-corrected chi connectivity index (χ4v) is 2.51. The molecule has 0 bridgehead atoms. The van der Waals surface area contributed by atoms with E-state index in [0.717, 1.165) is 24.7 Å². The minimum Gasteiger partial charge on any atom is -0.481 e. The molecule has 1 saturated carbocycles. The Hall–Kier alpha value is -1.04. The van der Waals surface area contributed by atoms with Crippen molar-refractivity contribution in [2.24, 2.45) is 7.05 Å². The average molecular weight is 316 g/mol. The summed E-state index contributed by atoms with van der Waals surface area (Å²) in [5.74, 6) is 0.601. The maximum atomic E-state index is 12.4. The standard InChI is InChI=1S/C12H18BrN3O2/c1-15-11(18-2)8-10(14-15)12(17)16(7-6-13)9-4-3-5-9/h8-9H,3-7H2,1-2H3. The van der Waals surface area contributed by atoms with Crippen LogP contribution in [0.25, 0.3) is 0 Å². The number of hydrogen-bond acceptors (Lipinski definition) is 3. The zero-order valence-corrected chi connectivity index (χ0v) is 12.3. The van der Waals surface area contributed by atoms with E-state index in [-0.39, 0.29) is 5.91 Å². The number of methoxy groups -OCH3 is 1. The van der Waals surface area contributed by atoms with Crippen LogP contribution in [0, 0.1) is 0 Å². The van der Waals surface area contributed by atoms with Gasteiger partial charge in [-0.25, -0.2) is 4.68 Å². The van der Waals surface area contributed by atoms with E-state index in [0.29, 0.717) is 17.6 Å². The molecule has 1 aromatic heterocycles. The molecule has 1 aliphatic carbocycles. The lowest BCUT2D eigenvalue weighted by Crippen LogP contribution is -2.45. The van der Waals surface area contributed by atoms with Gasteiger partial charge in [-0.15, -0.1) is 0 Å². The SMILES string of the molecule is COc1cc(C(=O)N(CCBr)C2CCC2)nn1C. The van der Waals surface area contributed by atoms with Crippen LogP contribution < -0.4 is 4.74 Å². The minimum absolute atomic E-state index is 0.00181. The molecule has 1 fully saturated rings. The zero-order valence-electron chi connectivity index (χ0n) is 10.7. The lowest BCUT2D eigenvalue weighted by molar-refractivity contribution is 0.0592. The Morgan fingerprint density at radius 2 is 2.39 bits per heavy atom. The van der Waals surface area contributed by atoms with Crippen molar-refractivity contribution >= 4 is 21.8 Å². The van der Waals surface area contributed by atoms with Gasteiger partial charge in [-0.1, -0.05) is 15.9 Å². The highest BCUT2D eigenvalue weighted by Crippen LogP contribution is 2.26. The molecule has 0 aromatic carbocycles. The van der Waals surface area contributed by atoms with Crippen molar-refractivity contribution in [3.05, 3.63) is 11.8 Å². The molecule has 1 aromatic rings. The molecule has 6 heteroatoms. The van der Waals surface area contributed by atoms with Gasteiger partial charge in [0.25, 0.3) is 5.91 Å². The normalized spacial score (nSPS) is 15.3. The van der Waals surface area contributed by atoms with Crippen molar-refractivity contribution < 1.29 is 9.53 Å². The molecular formula is C12H18BrN3O2. The first kappa shape index (κ1) is 13.4. The maximum absolute atomic E-state index is 12.4. The molecule has 0 saturated heterocycles. The highest BCUT2D eigenvalue weighted by atomic mass is 79.9. The Kier molecular flexibility index (Phi) is 4.27. The Morgan fingerprint density at radius 3 is 2.83 bits per heavy atom. The predicted molar refractivity (Wildman–Crippen MR) is 72.2 cm³/mol. The van der Waals surface area contributed by atoms with Crippen molar-refractivity contribution in [2.45, 2.75) is 25.3 Å². The lowest BCUT2D eigenvalue weighted by atomic mass is 9.91. The van der Waals surface area contributed by atoms with Gasteiger partial charge >= 0.3 is 0 Å². The van der Waals surface area contributed by atoms with Gasteiger partial charge < -0.3 is 9.64 Å². The van der Waals surface area contributed by atoms with Crippen LogP contribution in [0.15, 0.2) is 6.07 Å². The van der Waals surface area contributed by atoms with Gasteiger partial charge in [-0.05, 0) is 19.3 Å². The Morgan fingerprint density at radius 1 is 1.67 bits per heavy atom. The fourth-order valence-electron chi connectivity index (χ4n) is 2.13. The number of amides is 1. The number of rotatable bonds is 5. The first-order chi connectivity index (χ1) is 8.67. The number of ether oxygens (including phenoxy) is 1. The summed E-state index contributed by atoms with van der Waals surface area (Å²) >= 11 is 3.40. The molecule has 0 spiro atoms. The van der Waals surface area contributed by atoms with E-state index in [1.54, 1.807) is 24.9 Å². The molecule has 100 valence electrons. The van der Waals surface area contributed by atoms with E-state index >= 15 is 0 Å². The van der Waals surface area contributed by atoms with Gasteiger partial charge in [-0.3, -0.25) is 4.79 Å². The summed E-state index contributed by atoms with van der Waals surface area (Å²) in [4.78, 5) is 14.3. The molecular weight excluding hydrogens is 298 g/mol. The zero-order chi connectivity index (χ0) is 13.1. The summed E-state index contributed by atoms with van der Waals surface area (Å²) in [6.45, 7) is 0.725. The molecule has 0 atom stereocenters. The van der Waals surface area contributed by atoms with Gasteiger partial charge in [-0.2, -0.15) is 5.10 Å². The van der Waals surface area contributed by atoms with Crippen molar-refractivity contribution in [3.8, 4) is 5.88 Å². The summed E-state index contributed by atoms with van der Waals surface area (Å²) < 4.78 is 6.72. The molecule has 0 N–H and O–H groups in total. The van der Waals surface area contributed by atoms with Crippen LogP contribution in [0.2, 0.25) is 0 Å². The van der Waals surface area contributed by atoms with Crippen molar-refractivity contribution in [3.63, 3.8) is 0 Å². The third-order valence-corrected chi connectivity index (χ3v) is 3.72. The summed E-state index contributed by atoms with van der Waals surface area (Å²) in [6.07, 6.45) is 3.41. The molecule has 0 aliphatic heterocycles. The molecule has 1 heterocycles. The van der Waals surface area contributed by atoms with Crippen molar-refractivity contribution in [1.29, 1.82) is 0 Å². The largest absolute Gasteiger partial charge is 0.481 e. The monoisotopic (exact) mass is 315 g/mol. The topological polar surface area (TPSA) is 47.4 Å². The van der Waals surface area contributed by atoms with E-state index in [4.69, 9.17) is 4.74 Å².